The molecule has 0 saturated heterocycles. The molecule has 1 aliphatic rings. The van der Waals surface area contributed by atoms with Crippen LogP contribution >= 0.6 is 0 Å². The van der Waals surface area contributed by atoms with Crippen molar-refractivity contribution < 1.29 is 9.53 Å². The summed E-state index contributed by atoms with van der Waals surface area (Å²) in [5, 5.41) is 0. The number of aldehydes is 1. The van der Waals surface area contributed by atoms with Gasteiger partial charge >= 0.3 is 0 Å². The van der Waals surface area contributed by atoms with Gasteiger partial charge in [0, 0.05) is 6.20 Å². The minimum absolute atomic E-state index is 0.338. The highest BCUT2D eigenvalue weighted by Gasteiger charge is 2.11. The fraction of sp³-hybridized carbons (Fsp3) is 0.250. The van der Waals surface area contributed by atoms with Crippen molar-refractivity contribution in [3.05, 3.63) is 24.4 Å². The molecule has 11 heavy (non-hydrogen) atoms. The van der Waals surface area contributed by atoms with Crippen LogP contribution in [-0.2, 0) is 9.53 Å². The van der Waals surface area contributed by atoms with Gasteiger partial charge in [0.15, 0.2) is 0 Å². The molecule has 0 fully saturated rings. The third-order valence-corrected chi connectivity index (χ3v) is 1.36. The van der Waals surface area contributed by atoms with E-state index in [-0.39, 0.29) is 5.92 Å². The lowest BCUT2D eigenvalue weighted by atomic mass is 10.1. The van der Waals surface area contributed by atoms with Gasteiger partial charge in [-0.1, -0.05) is 12.2 Å². The molecule has 1 aliphatic heterocycles. The van der Waals surface area contributed by atoms with Gasteiger partial charge in [0.2, 0.25) is 5.90 Å². The van der Waals surface area contributed by atoms with Crippen LogP contribution in [0.3, 0.4) is 0 Å². The minimum Gasteiger partial charge on any atom is -0.483 e. The van der Waals surface area contributed by atoms with Gasteiger partial charge in [0.1, 0.15) is 12.2 Å². The number of methoxy groups -OCH3 is 1. The molecule has 0 amide bonds. The molecule has 0 N–H and O–H groups in total. The molecule has 0 aromatic heterocycles. The Morgan fingerprint density at radius 2 is 2.45 bits per heavy atom. The van der Waals surface area contributed by atoms with Gasteiger partial charge in [-0.25, -0.2) is 4.99 Å². The van der Waals surface area contributed by atoms with E-state index in [2.05, 4.69) is 4.99 Å². The standard InChI is InChI=1S/C8H9NO2/c1-11-8-7(6-10)4-2-3-5-9-8/h2-7H,1H3. The number of hydrogen-bond donors (Lipinski definition) is 0. The quantitative estimate of drug-likeness (QED) is 0.523. The summed E-state index contributed by atoms with van der Waals surface area (Å²) in [6.07, 6.45) is 7.65. The van der Waals surface area contributed by atoms with E-state index in [4.69, 9.17) is 4.74 Å². The SMILES string of the molecule is COC1=NC=CC=CC1C=O. The van der Waals surface area contributed by atoms with Gasteiger partial charge in [0.05, 0.1) is 7.11 Å². The molecular formula is C8H9NO2. The van der Waals surface area contributed by atoms with Gasteiger partial charge in [-0.2, -0.15) is 0 Å². The number of ether oxygens (including phenoxy) is 1. The van der Waals surface area contributed by atoms with Crippen LogP contribution in [0, 0.1) is 5.92 Å². The maximum absolute atomic E-state index is 10.4. The summed E-state index contributed by atoms with van der Waals surface area (Å²) in [5.74, 6) is 0.0972. The molecule has 0 aliphatic carbocycles. The van der Waals surface area contributed by atoms with Gasteiger partial charge in [-0.3, -0.25) is 0 Å². The zero-order chi connectivity index (χ0) is 8.10. The van der Waals surface area contributed by atoms with E-state index in [0.717, 1.165) is 6.29 Å². The largest absolute Gasteiger partial charge is 0.483 e. The number of aliphatic imine (C=N–C) groups is 1. The molecule has 1 rings (SSSR count). The first-order valence-corrected chi connectivity index (χ1v) is 3.29. The second-order valence-electron chi connectivity index (χ2n) is 2.06. The van der Waals surface area contributed by atoms with Crippen molar-refractivity contribution in [1.82, 2.24) is 0 Å². The number of nitrogens with zero attached hydrogens (tertiary/aromatic N) is 1. The van der Waals surface area contributed by atoms with E-state index in [9.17, 15) is 4.79 Å². The second kappa shape index (κ2) is 3.71. The Labute approximate surface area is 65.1 Å². The molecule has 0 saturated carbocycles. The van der Waals surface area contributed by atoms with Crippen molar-refractivity contribution in [2.45, 2.75) is 0 Å². The lowest BCUT2D eigenvalue weighted by molar-refractivity contribution is -0.108. The molecule has 3 heteroatoms. The van der Waals surface area contributed by atoms with Crippen molar-refractivity contribution in [3.63, 3.8) is 0 Å². The Morgan fingerprint density at radius 1 is 1.64 bits per heavy atom. The third kappa shape index (κ3) is 1.77. The van der Waals surface area contributed by atoms with Crippen molar-refractivity contribution in [3.8, 4) is 0 Å². The lowest BCUT2D eigenvalue weighted by Gasteiger charge is -2.04. The van der Waals surface area contributed by atoms with Crippen LogP contribution in [0.2, 0.25) is 0 Å². The maximum atomic E-state index is 10.4. The van der Waals surface area contributed by atoms with Crippen LogP contribution in [-0.4, -0.2) is 19.3 Å². The summed E-state index contributed by atoms with van der Waals surface area (Å²) >= 11 is 0. The molecule has 0 aromatic carbocycles. The topological polar surface area (TPSA) is 38.7 Å². The lowest BCUT2D eigenvalue weighted by Crippen LogP contribution is -2.14. The highest BCUT2D eigenvalue weighted by atomic mass is 16.5. The van der Waals surface area contributed by atoms with E-state index in [1.54, 1.807) is 24.4 Å². The van der Waals surface area contributed by atoms with Crippen LogP contribution in [0.1, 0.15) is 0 Å². The minimum atomic E-state index is -0.338. The number of carbonyl (C=O) groups is 1. The zero-order valence-corrected chi connectivity index (χ0v) is 6.23. The predicted octanol–water partition coefficient (Wildman–Crippen LogP) is 0.930. The summed E-state index contributed by atoms with van der Waals surface area (Å²) in [5.41, 5.74) is 0. The predicted molar refractivity (Wildman–Crippen MR) is 42.3 cm³/mol. The Balaban J connectivity index is 2.84. The molecule has 1 heterocycles. The highest BCUT2D eigenvalue weighted by molar-refractivity contribution is 5.94. The van der Waals surface area contributed by atoms with E-state index in [1.165, 1.54) is 7.11 Å². The average Bonchev–Trinajstić information content (AvgIpc) is 2.27. The molecule has 0 aromatic rings. The first kappa shape index (κ1) is 7.72. The molecule has 0 bridgehead atoms. The van der Waals surface area contributed by atoms with E-state index in [1.807, 2.05) is 0 Å². The van der Waals surface area contributed by atoms with Gasteiger partial charge in [-0.05, 0) is 6.08 Å². The highest BCUT2D eigenvalue weighted by Crippen LogP contribution is 2.04. The van der Waals surface area contributed by atoms with E-state index < -0.39 is 0 Å². The smallest absolute Gasteiger partial charge is 0.202 e. The van der Waals surface area contributed by atoms with Crippen LogP contribution < -0.4 is 0 Å². The number of rotatable bonds is 1. The van der Waals surface area contributed by atoms with Crippen molar-refractivity contribution >= 4 is 12.2 Å². The van der Waals surface area contributed by atoms with Gasteiger partial charge in [0.25, 0.3) is 0 Å². The van der Waals surface area contributed by atoms with Gasteiger partial charge < -0.3 is 9.53 Å². The van der Waals surface area contributed by atoms with Crippen molar-refractivity contribution in [2.24, 2.45) is 10.9 Å². The van der Waals surface area contributed by atoms with Crippen LogP contribution in [0.4, 0.5) is 0 Å². The number of carbonyl (C=O) groups excluding carboxylic acids is 1. The fourth-order valence-corrected chi connectivity index (χ4v) is 0.811. The normalized spacial score (nSPS) is 22.3. The monoisotopic (exact) mass is 151 g/mol. The molecule has 1 unspecified atom stereocenters. The van der Waals surface area contributed by atoms with Crippen LogP contribution in [0.15, 0.2) is 29.4 Å². The fourth-order valence-electron chi connectivity index (χ4n) is 0.811. The summed E-state index contributed by atoms with van der Waals surface area (Å²) in [6.45, 7) is 0. The Morgan fingerprint density at radius 3 is 3.09 bits per heavy atom. The molecule has 3 nitrogen and oxygen atoms in total. The second-order valence-corrected chi connectivity index (χ2v) is 2.06. The Hall–Kier alpha value is -1.38. The van der Waals surface area contributed by atoms with E-state index in [0.29, 0.717) is 5.90 Å². The summed E-state index contributed by atoms with van der Waals surface area (Å²) in [4.78, 5) is 14.4. The molecule has 1 atom stereocenters. The van der Waals surface area contributed by atoms with Crippen LogP contribution in [0.25, 0.3) is 0 Å². The molecule has 0 radical (unpaired) electrons. The number of allylic oxidation sites excluding steroid dienone is 2. The maximum Gasteiger partial charge on any atom is 0.202 e. The van der Waals surface area contributed by atoms with Crippen molar-refractivity contribution in [1.29, 1.82) is 0 Å². The average molecular weight is 151 g/mol. The van der Waals surface area contributed by atoms with Crippen LogP contribution in [0.5, 0.6) is 0 Å². The molecular weight excluding hydrogens is 142 g/mol. The van der Waals surface area contributed by atoms with Crippen molar-refractivity contribution in [2.75, 3.05) is 7.11 Å². The summed E-state index contributed by atoms with van der Waals surface area (Å²) in [7, 11) is 1.50. The Kier molecular flexibility index (Phi) is 2.60. The first-order valence-electron chi connectivity index (χ1n) is 3.29. The van der Waals surface area contributed by atoms with E-state index >= 15 is 0 Å². The molecule has 58 valence electrons. The Bertz CT molecular complexity index is 228. The summed E-state index contributed by atoms with van der Waals surface area (Å²) in [6, 6.07) is 0. The number of hydrogen-bond acceptors (Lipinski definition) is 3. The summed E-state index contributed by atoms with van der Waals surface area (Å²) < 4.78 is 4.89. The zero-order valence-electron chi connectivity index (χ0n) is 6.23. The molecule has 0 spiro atoms. The third-order valence-electron chi connectivity index (χ3n) is 1.36. The van der Waals surface area contributed by atoms with Gasteiger partial charge in [-0.15, -0.1) is 0 Å². The first-order chi connectivity index (χ1) is 5.38.